The first-order valence-corrected chi connectivity index (χ1v) is 7.20. The zero-order valence-corrected chi connectivity index (χ0v) is 13.3. The van der Waals surface area contributed by atoms with E-state index in [1.165, 1.54) is 4.90 Å². The number of nitrogens with two attached hydrogens (primary N) is 1. The molecule has 1 fully saturated rings. The Balaban J connectivity index is 2.01. The molecule has 1 aliphatic heterocycles. The lowest BCUT2D eigenvalue weighted by Gasteiger charge is -2.24. The van der Waals surface area contributed by atoms with Crippen LogP contribution in [-0.2, 0) is 4.74 Å². The third-order valence-electron chi connectivity index (χ3n) is 3.15. The third kappa shape index (κ3) is 4.22. The second-order valence-corrected chi connectivity index (χ2v) is 6.28. The first-order valence-electron chi connectivity index (χ1n) is 7.20. The number of nitrogens with zero attached hydrogens (tertiary/aromatic N) is 3. The normalized spacial score (nSPS) is 17.7. The highest BCUT2D eigenvalue weighted by Gasteiger charge is 2.31. The fourth-order valence-electron chi connectivity index (χ4n) is 2.13. The van der Waals surface area contributed by atoms with Gasteiger partial charge in [0.25, 0.3) is 5.88 Å². The number of likely N-dealkylation sites (tertiary alicyclic amines) is 1. The molecule has 2 N–H and O–H groups in total. The number of anilines is 1. The molecule has 23 heavy (non-hydrogen) atoms. The smallest absolute Gasteiger partial charge is 0.410 e. The van der Waals surface area contributed by atoms with Gasteiger partial charge in [-0.3, -0.25) is 0 Å². The zero-order chi connectivity index (χ0) is 17.2. The number of ether oxygens (including phenoxy) is 2. The average Bonchev–Trinajstić information content (AvgIpc) is 2.88. The van der Waals surface area contributed by atoms with E-state index < -0.39 is 23.6 Å². The quantitative estimate of drug-likeness (QED) is 0.894. The lowest BCUT2D eigenvalue weighted by molar-refractivity contribution is 0.0274. The van der Waals surface area contributed by atoms with Gasteiger partial charge < -0.3 is 20.1 Å². The van der Waals surface area contributed by atoms with Gasteiger partial charge in [-0.15, -0.1) is 0 Å². The maximum Gasteiger partial charge on any atom is 0.410 e. The summed E-state index contributed by atoms with van der Waals surface area (Å²) in [5.41, 5.74) is 4.76. The Morgan fingerprint density at radius 3 is 2.87 bits per heavy atom. The van der Waals surface area contributed by atoms with Crippen LogP contribution in [0.25, 0.3) is 0 Å². The van der Waals surface area contributed by atoms with Crippen molar-refractivity contribution in [2.75, 3.05) is 18.8 Å². The van der Waals surface area contributed by atoms with Crippen molar-refractivity contribution < 1.29 is 18.7 Å². The van der Waals surface area contributed by atoms with E-state index in [1.807, 2.05) is 0 Å². The van der Waals surface area contributed by atoms with Gasteiger partial charge in [0.2, 0.25) is 0 Å². The van der Waals surface area contributed by atoms with Crippen LogP contribution in [0.5, 0.6) is 5.88 Å². The molecule has 8 heteroatoms. The van der Waals surface area contributed by atoms with Crippen molar-refractivity contribution in [2.45, 2.75) is 38.9 Å². The zero-order valence-electron chi connectivity index (χ0n) is 13.3. The Bertz CT molecular complexity index is 651. The summed E-state index contributed by atoms with van der Waals surface area (Å²) in [7, 11) is 0. The number of nitriles is 1. The molecule has 1 saturated heterocycles. The van der Waals surface area contributed by atoms with Gasteiger partial charge >= 0.3 is 6.09 Å². The Morgan fingerprint density at radius 1 is 1.57 bits per heavy atom. The van der Waals surface area contributed by atoms with E-state index in [2.05, 4.69) is 4.98 Å². The number of rotatable bonds is 2. The monoisotopic (exact) mass is 322 g/mol. The maximum atomic E-state index is 13.8. The summed E-state index contributed by atoms with van der Waals surface area (Å²) in [6.07, 6.45) is -0.334. The number of nitrogen functional groups attached to an aromatic ring is 1. The molecule has 124 valence electrons. The first kappa shape index (κ1) is 16.8. The van der Waals surface area contributed by atoms with Crippen molar-refractivity contribution in [2.24, 2.45) is 0 Å². The summed E-state index contributed by atoms with van der Waals surface area (Å²) in [6, 6.07) is 2.77. The fraction of sp³-hybridized carbons (Fsp3) is 0.533. The second-order valence-electron chi connectivity index (χ2n) is 6.28. The number of hydrogen-bond acceptors (Lipinski definition) is 6. The molecule has 0 aromatic carbocycles. The molecule has 0 saturated carbocycles. The maximum absolute atomic E-state index is 13.8. The molecule has 0 bridgehead atoms. The molecule has 1 amide bonds. The van der Waals surface area contributed by atoms with Crippen LogP contribution in [0.4, 0.5) is 14.9 Å². The summed E-state index contributed by atoms with van der Waals surface area (Å²) in [5, 5.41) is 8.88. The van der Waals surface area contributed by atoms with Gasteiger partial charge in [0.1, 0.15) is 17.8 Å². The molecule has 7 nitrogen and oxygen atoms in total. The highest BCUT2D eigenvalue weighted by molar-refractivity contribution is 5.68. The molecular weight excluding hydrogens is 303 g/mol. The van der Waals surface area contributed by atoms with E-state index in [4.69, 9.17) is 20.5 Å². The summed E-state index contributed by atoms with van der Waals surface area (Å²) >= 11 is 0. The third-order valence-corrected chi connectivity index (χ3v) is 3.15. The number of aromatic nitrogens is 1. The Hall–Kier alpha value is -2.56. The molecule has 2 heterocycles. The minimum Gasteiger partial charge on any atom is -0.470 e. The average molecular weight is 322 g/mol. The number of carbonyl (C=O) groups excluding carboxylic acids is 1. The van der Waals surface area contributed by atoms with Gasteiger partial charge in [0.15, 0.2) is 11.5 Å². The van der Waals surface area contributed by atoms with Crippen LogP contribution >= 0.6 is 0 Å². The van der Waals surface area contributed by atoms with Crippen molar-refractivity contribution in [1.82, 2.24) is 9.88 Å². The molecule has 0 unspecified atom stereocenters. The lowest BCUT2D eigenvalue weighted by atomic mass is 10.2. The summed E-state index contributed by atoms with van der Waals surface area (Å²) in [4.78, 5) is 17.2. The van der Waals surface area contributed by atoms with Crippen molar-refractivity contribution >= 4 is 11.8 Å². The van der Waals surface area contributed by atoms with Crippen LogP contribution < -0.4 is 10.5 Å². The molecule has 1 atom stereocenters. The Labute approximate surface area is 133 Å². The molecule has 1 aliphatic rings. The van der Waals surface area contributed by atoms with Crippen LogP contribution in [0.1, 0.15) is 32.9 Å². The van der Waals surface area contributed by atoms with Crippen LogP contribution in [0.3, 0.4) is 0 Å². The van der Waals surface area contributed by atoms with Gasteiger partial charge in [0, 0.05) is 19.0 Å². The number of hydrogen-bond donors (Lipinski definition) is 1. The van der Waals surface area contributed by atoms with Crippen LogP contribution in [0.2, 0.25) is 0 Å². The van der Waals surface area contributed by atoms with Gasteiger partial charge in [-0.1, -0.05) is 0 Å². The Kier molecular flexibility index (Phi) is 4.59. The second kappa shape index (κ2) is 6.28. The Morgan fingerprint density at radius 2 is 2.26 bits per heavy atom. The minimum absolute atomic E-state index is 0.0425. The van der Waals surface area contributed by atoms with E-state index in [-0.39, 0.29) is 23.8 Å². The molecule has 1 aromatic heterocycles. The lowest BCUT2D eigenvalue weighted by Crippen LogP contribution is -2.36. The van der Waals surface area contributed by atoms with Crippen molar-refractivity contribution in [1.29, 1.82) is 5.26 Å². The first-order chi connectivity index (χ1) is 10.7. The van der Waals surface area contributed by atoms with E-state index in [9.17, 15) is 9.18 Å². The van der Waals surface area contributed by atoms with Crippen molar-refractivity contribution in [3.05, 3.63) is 17.6 Å². The van der Waals surface area contributed by atoms with Crippen LogP contribution in [0.15, 0.2) is 6.07 Å². The van der Waals surface area contributed by atoms with E-state index in [0.717, 1.165) is 6.07 Å². The summed E-state index contributed by atoms with van der Waals surface area (Å²) in [5.74, 6) is -1.02. The van der Waals surface area contributed by atoms with Crippen molar-refractivity contribution in [3.63, 3.8) is 0 Å². The summed E-state index contributed by atoms with van der Waals surface area (Å²) < 4.78 is 24.6. The van der Waals surface area contributed by atoms with Crippen LogP contribution in [-0.4, -0.2) is 40.8 Å². The fourth-order valence-corrected chi connectivity index (χ4v) is 2.13. The highest BCUT2D eigenvalue weighted by atomic mass is 19.1. The molecule has 0 aliphatic carbocycles. The highest BCUT2D eigenvalue weighted by Crippen LogP contribution is 2.24. The van der Waals surface area contributed by atoms with E-state index >= 15 is 0 Å². The number of halogens is 1. The van der Waals surface area contributed by atoms with Gasteiger partial charge in [0.05, 0.1) is 12.2 Å². The minimum atomic E-state index is -0.739. The molecule has 0 radical (unpaired) electrons. The largest absolute Gasteiger partial charge is 0.470 e. The summed E-state index contributed by atoms with van der Waals surface area (Å²) in [6.45, 7) is 6.06. The molecule has 2 rings (SSSR count). The molecular formula is C15H19FN4O3. The standard InChI is InChI=1S/C15H19FN4O3/c1-15(2,3)23-14(21)20-5-4-9(8-20)22-13-10(16)6-11(18)12(7-17)19-13/h6,9H,4-5,8,18H2,1-3H3/t9-/m0/s1. The van der Waals surface area contributed by atoms with Gasteiger partial charge in [-0.05, 0) is 20.8 Å². The van der Waals surface area contributed by atoms with E-state index in [0.29, 0.717) is 13.0 Å². The van der Waals surface area contributed by atoms with Gasteiger partial charge in [-0.25, -0.2) is 9.18 Å². The number of amides is 1. The number of carbonyl (C=O) groups is 1. The van der Waals surface area contributed by atoms with Crippen LogP contribution in [0, 0.1) is 17.1 Å². The SMILES string of the molecule is CC(C)(C)OC(=O)N1CC[C@H](Oc2nc(C#N)c(N)cc2F)C1. The predicted molar refractivity (Wildman–Crippen MR) is 80.2 cm³/mol. The van der Waals surface area contributed by atoms with Crippen molar-refractivity contribution in [3.8, 4) is 11.9 Å². The topological polar surface area (TPSA) is 101 Å². The molecule has 1 aromatic rings. The molecule has 0 spiro atoms. The van der Waals surface area contributed by atoms with Gasteiger partial charge in [-0.2, -0.15) is 10.2 Å². The number of pyridine rings is 1. The van der Waals surface area contributed by atoms with E-state index in [1.54, 1.807) is 26.8 Å². The predicted octanol–water partition coefficient (Wildman–Crippen LogP) is 2.06.